The van der Waals surface area contributed by atoms with E-state index in [1.54, 1.807) is 24.2 Å². The van der Waals surface area contributed by atoms with Crippen molar-refractivity contribution in [2.45, 2.75) is 53.1 Å². The van der Waals surface area contributed by atoms with Gasteiger partial charge in [-0.25, -0.2) is 12.1 Å². The Balaban J connectivity index is -0.000000428. The largest absolute Gasteiger partial charge is 1.00 e. The van der Waals surface area contributed by atoms with E-state index in [9.17, 15) is 0 Å². The Bertz CT molecular complexity index is 596. The summed E-state index contributed by atoms with van der Waals surface area (Å²) in [6.07, 6.45) is 0. The molecule has 0 unspecified atom stereocenters. The Morgan fingerprint density at radius 2 is 1.03 bits per heavy atom. The van der Waals surface area contributed by atoms with Crippen molar-refractivity contribution in [3.63, 3.8) is 0 Å². The first-order chi connectivity index (χ1) is 13.9. The summed E-state index contributed by atoms with van der Waals surface area (Å²) < 4.78 is 23.7. The van der Waals surface area contributed by atoms with Gasteiger partial charge in [0.1, 0.15) is 13.2 Å². The van der Waals surface area contributed by atoms with Crippen molar-refractivity contribution in [2.24, 2.45) is 0 Å². The summed E-state index contributed by atoms with van der Waals surface area (Å²) in [4.78, 5) is 0. The van der Waals surface area contributed by atoms with E-state index < -0.39 is 16.6 Å². The Labute approximate surface area is 225 Å². The fourth-order valence-electron chi connectivity index (χ4n) is 1.92. The van der Waals surface area contributed by atoms with Gasteiger partial charge in [0.05, 0.1) is 13.2 Å². The van der Waals surface area contributed by atoms with Crippen LogP contribution in [0.2, 0.25) is 39.3 Å². The molecule has 0 radical (unpaired) electrons. The molecule has 0 saturated carbocycles. The summed E-state index contributed by atoms with van der Waals surface area (Å²) in [5.74, 6) is 1.86. The second kappa shape index (κ2) is 20.4. The summed E-state index contributed by atoms with van der Waals surface area (Å²) in [5.41, 5.74) is 0. The zero-order valence-electron chi connectivity index (χ0n) is 20.8. The minimum Gasteiger partial charge on any atom is -1.00 e. The number of rotatable bonds is 10. The average Bonchev–Trinajstić information content (AvgIpc) is 3.28. The molecule has 4 nitrogen and oxygen atoms in total. The summed E-state index contributed by atoms with van der Waals surface area (Å²) in [5, 5.41) is 0. The van der Waals surface area contributed by atoms with Gasteiger partial charge in [0.15, 0.2) is 16.6 Å². The first-order valence-electron chi connectivity index (χ1n) is 10.4. The van der Waals surface area contributed by atoms with Crippen molar-refractivity contribution in [1.29, 1.82) is 0 Å². The molecule has 2 rings (SSSR count). The third-order valence-corrected chi connectivity index (χ3v) is 5.18. The van der Waals surface area contributed by atoms with Gasteiger partial charge in [0.2, 0.25) is 0 Å². The molecule has 184 valence electrons. The standard InChI is InChI=1S/2C10H17O2Si.C3H6.2ClH.Zr/c2*1-13(2,3)12-9-8-11-10-6-4-5-7-10;1-3-2;;;/h2*4-7H,8-9H2,1-3H3;1-2H3;2*1H;/q2*-1;;;;+2/p-2. The van der Waals surface area contributed by atoms with Gasteiger partial charge in [-0.05, 0) is 39.3 Å². The number of hydrogen-bond donors (Lipinski definition) is 0. The number of halogens is 2. The molecule has 2 aromatic carbocycles. The first kappa shape index (κ1) is 36.6. The van der Waals surface area contributed by atoms with E-state index >= 15 is 0 Å². The van der Waals surface area contributed by atoms with Crippen LogP contribution < -0.4 is 34.3 Å². The molecule has 32 heavy (non-hydrogen) atoms. The molecule has 0 aliphatic carbocycles. The average molecular weight is 599 g/mol. The maximum absolute atomic E-state index is 5.64. The van der Waals surface area contributed by atoms with Crippen molar-refractivity contribution in [2.75, 3.05) is 26.4 Å². The predicted molar refractivity (Wildman–Crippen MR) is 130 cm³/mol. The van der Waals surface area contributed by atoms with Crippen molar-refractivity contribution in [1.82, 2.24) is 0 Å². The molecule has 0 aliphatic heterocycles. The zero-order chi connectivity index (χ0) is 23.0. The quantitative estimate of drug-likeness (QED) is 0.220. The monoisotopic (exact) mass is 596 g/mol. The number of hydrogen-bond acceptors (Lipinski definition) is 4. The fraction of sp³-hybridized carbons (Fsp3) is 0.522. The molecule has 0 aliphatic rings. The van der Waals surface area contributed by atoms with E-state index in [0.29, 0.717) is 26.4 Å². The second-order valence-corrected chi connectivity index (χ2v) is 20.3. The van der Waals surface area contributed by atoms with Crippen LogP contribution in [-0.4, -0.2) is 46.3 Å². The van der Waals surface area contributed by atoms with Crippen LogP contribution in [0.15, 0.2) is 48.5 Å². The van der Waals surface area contributed by atoms with Crippen molar-refractivity contribution >= 4 is 19.8 Å². The van der Waals surface area contributed by atoms with Crippen LogP contribution >= 0.6 is 0 Å². The molecule has 9 heteroatoms. The predicted octanol–water partition coefficient (Wildman–Crippen LogP) is 0.0250. The minimum absolute atomic E-state index is 0. The van der Waals surface area contributed by atoms with Gasteiger partial charge in [-0.15, -0.1) is 12.1 Å². The van der Waals surface area contributed by atoms with Crippen molar-refractivity contribution in [3.8, 4) is 11.5 Å². The summed E-state index contributed by atoms with van der Waals surface area (Å²) in [6.45, 7) is 20.0. The molecule has 0 spiro atoms. The molecule has 0 heterocycles. The molecular formula is C23H40Cl2O4Si2Zr-2. The van der Waals surface area contributed by atoms with Crippen LogP contribution in [0.5, 0.6) is 11.5 Å². The molecule has 0 aromatic heterocycles. The summed E-state index contributed by atoms with van der Waals surface area (Å²) >= 11 is 1.55. The van der Waals surface area contributed by atoms with Crippen LogP contribution in [0.4, 0.5) is 0 Å². The van der Waals surface area contributed by atoms with E-state index in [0.717, 1.165) is 11.5 Å². The van der Waals surface area contributed by atoms with Crippen molar-refractivity contribution in [3.05, 3.63) is 48.5 Å². The minimum atomic E-state index is -1.36. The summed E-state index contributed by atoms with van der Waals surface area (Å²) in [7, 11) is -2.72. The molecule has 0 atom stereocenters. The Morgan fingerprint density at radius 3 is 1.25 bits per heavy atom. The normalized spacial score (nSPS) is 10.3. The van der Waals surface area contributed by atoms with Gasteiger partial charge in [-0.3, -0.25) is 0 Å². The smallest absolute Gasteiger partial charge is 0.183 e. The van der Waals surface area contributed by atoms with E-state index in [2.05, 4.69) is 53.1 Å². The van der Waals surface area contributed by atoms with Gasteiger partial charge < -0.3 is 43.1 Å². The van der Waals surface area contributed by atoms with Crippen molar-refractivity contribution < 1.29 is 67.4 Å². The van der Waals surface area contributed by atoms with Gasteiger partial charge in [-0.2, -0.15) is 24.3 Å². The Hall–Kier alpha value is -0.0131. The van der Waals surface area contributed by atoms with Gasteiger partial charge in [0.25, 0.3) is 0 Å². The van der Waals surface area contributed by atoms with E-state index in [1.165, 1.54) is 3.21 Å². The van der Waals surface area contributed by atoms with Gasteiger partial charge >= 0.3 is 41.3 Å². The van der Waals surface area contributed by atoms with Crippen LogP contribution in [0.25, 0.3) is 0 Å². The zero-order valence-corrected chi connectivity index (χ0v) is 26.8. The molecule has 0 fully saturated rings. The van der Waals surface area contributed by atoms with Crippen LogP contribution in [0.3, 0.4) is 0 Å². The SMILES string of the molecule is C[C](C)=[Zr+2].C[Si](C)(C)OCCOc1ccc[cH-]1.C[Si](C)(C)OCCOc1ccc[cH-]1.[Cl-].[Cl-]. The Morgan fingerprint density at radius 1 is 0.719 bits per heavy atom. The Kier molecular flexibility index (Phi) is 23.3. The van der Waals surface area contributed by atoms with Gasteiger partial charge in [0, 0.05) is 11.5 Å². The molecule has 0 N–H and O–H groups in total. The maximum atomic E-state index is 5.64. The first-order valence-corrected chi connectivity index (χ1v) is 18.4. The van der Waals surface area contributed by atoms with Gasteiger partial charge in [-0.1, -0.05) is 0 Å². The summed E-state index contributed by atoms with van der Waals surface area (Å²) in [6, 6.07) is 15.7. The van der Waals surface area contributed by atoms with E-state index in [4.69, 9.17) is 18.3 Å². The molecule has 0 bridgehead atoms. The number of ether oxygens (including phenoxy) is 2. The maximum Gasteiger partial charge on any atom is 0.183 e. The third-order valence-electron chi connectivity index (χ3n) is 3.04. The molecule has 2 aromatic rings. The fourth-order valence-corrected chi connectivity index (χ4v) is 3.31. The van der Waals surface area contributed by atoms with Crippen LogP contribution in [0, 0.1) is 0 Å². The molecule has 0 amide bonds. The van der Waals surface area contributed by atoms with Crippen LogP contribution in [-0.2, 0) is 33.1 Å². The second-order valence-electron chi connectivity index (χ2n) is 8.86. The molecule has 0 saturated heterocycles. The van der Waals surface area contributed by atoms with E-state index in [1.807, 2.05) is 48.5 Å². The van der Waals surface area contributed by atoms with E-state index in [-0.39, 0.29) is 24.8 Å². The third kappa shape index (κ3) is 28.0. The topological polar surface area (TPSA) is 36.9 Å². The molecular weight excluding hydrogens is 559 g/mol. The van der Waals surface area contributed by atoms with Crippen LogP contribution in [0.1, 0.15) is 13.8 Å².